The maximum atomic E-state index is 11.1. The molecule has 1 aromatic heterocycles. The summed E-state index contributed by atoms with van der Waals surface area (Å²) < 4.78 is 6.32. The van der Waals surface area contributed by atoms with Crippen LogP contribution >= 0.6 is 0 Å². The minimum atomic E-state index is 0.00594. The number of piperidine rings is 1. The lowest BCUT2D eigenvalue weighted by Crippen LogP contribution is -2.45. The predicted octanol–water partition coefficient (Wildman–Crippen LogP) is 2.01. The first-order valence-corrected chi connectivity index (χ1v) is 9.13. The monoisotopic (exact) mass is 330 g/mol. The molecule has 2 aliphatic heterocycles. The molecule has 1 N–H and O–H groups in total. The molecule has 1 atom stereocenters. The molecule has 1 spiro atoms. The van der Waals surface area contributed by atoms with Crippen molar-refractivity contribution in [3.05, 3.63) is 18.1 Å². The highest BCUT2D eigenvalue weighted by atomic mass is 16.5. The Balaban J connectivity index is 1.33. The van der Waals surface area contributed by atoms with Gasteiger partial charge in [0.2, 0.25) is 5.91 Å². The molecule has 0 aromatic carbocycles. The number of carbonyl (C=O) groups excluding carboxylic acids is 1. The number of nitrogens with zero attached hydrogens (tertiary/aromatic N) is 3. The molecule has 1 saturated carbocycles. The van der Waals surface area contributed by atoms with Crippen LogP contribution in [0.2, 0.25) is 0 Å². The Morgan fingerprint density at radius 1 is 1.29 bits per heavy atom. The zero-order valence-corrected chi connectivity index (χ0v) is 14.3. The molecule has 1 amide bonds. The van der Waals surface area contributed by atoms with Crippen molar-refractivity contribution in [3.8, 4) is 0 Å². The van der Waals surface area contributed by atoms with Crippen molar-refractivity contribution >= 4 is 11.7 Å². The number of hydrogen-bond acceptors (Lipinski definition) is 5. The molecular weight excluding hydrogens is 304 g/mol. The molecule has 4 rings (SSSR count). The third-order valence-corrected chi connectivity index (χ3v) is 5.59. The quantitative estimate of drug-likeness (QED) is 0.915. The minimum Gasteiger partial charge on any atom is -0.370 e. The van der Waals surface area contributed by atoms with Crippen LogP contribution in [0.25, 0.3) is 0 Å². The third kappa shape index (κ3) is 3.38. The van der Waals surface area contributed by atoms with Gasteiger partial charge in [0.05, 0.1) is 11.7 Å². The van der Waals surface area contributed by atoms with Gasteiger partial charge in [-0.15, -0.1) is 0 Å². The van der Waals surface area contributed by atoms with Gasteiger partial charge < -0.3 is 15.0 Å². The van der Waals surface area contributed by atoms with Crippen molar-refractivity contribution < 1.29 is 9.53 Å². The fraction of sp³-hybridized carbons (Fsp3) is 0.722. The normalized spacial score (nSPS) is 25.9. The lowest BCUT2D eigenvalue weighted by molar-refractivity contribution is -0.120. The average molecular weight is 330 g/mol. The van der Waals surface area contributed by atoms with Crippen LogP contribution in [-0.4, -0.2) is 47.2 Å². The molecular formula is C18H26N4O2. The van der Waals surface area contributed by atoms with E-state index < -0.39 is 0 Å². The smallest absolute Gasteiger partial charge is 0.216 e. The van der Waals surface area contributed by atoms with E-state index in [1.807, 2.05) is 0 Å². The van der Waals surface area contributed by atoms with E-state index in [4.69, 9.17) is 4.74 Å². The van der Waals surface area contributed by atoms with E-state index in [0.29, 0.717) is 12.5 Å². The summed E-state index contributed by atoms with van der Waals surface area (Å²) in [6, 6.07) is 2.17. The van der Waals surface area contributed by atoms with Gasteiger partial charge in [0, 0.05) is 44.2 Å². The van der Waals surface area contributed by atoms with E-state index in [-0.39, 0.29) is 17.6 Å². The summed E-state index contributed by atoms with van der Waals surface area (Å²) in [5, 5.41) is 2.88. The van der Waals surface area contributed by atoms with Crippen LogP contribution in [0.5, 0.6) is 0 Å². The van der Waals surface area contributed by atoms with Crippen LogP contribution in [0.4, 0.5) is 5.82 Å². The summed E-state index contributed by atoms with van der Waals surface area (Å²) in [5.74, 6) is 1.75. The van der Waals surface area contributed by atoms with Gasteiger partial charge >= 0.3 is 0 Å². The number of anilines is 1. The fourth-order valence-corrected chi connectivity index (χ4v) is 3.94. The van der Waals surface area contributed by atoms with Gasteiger partial charge in [-0.05, 0) is 38.5 Å². The number of hydrogen-bond donors (Lipinski definition) is 1. The third-order valence-electron chi connectivity index (χ3n) is 5.59. The SMILES string of the molecule is CC(=O)NCC1CCC2(CCN(c3cc(C4CC4)ncn3)CC2)O1. The molecule has 0 bridgehead atoms. The summed E-state index contributed by atoms with van der Waals surface area (Å²) in [6.45, 7) is 4.15. The number of amides is 1. The fourth-order valence-electron chi connectivity index (χ4n) is 3.94. The van der Waals surface area contributed by atoms with Crippen LogP contribution in [0.1, 0.15) is 57.1 Å². The highest BCUT2D eigenvalue weighted by Crippen LogP contribution is 2.41. The van der Waals surface area contributed by atoms with Crippen molar-refractivity contribution in [1.82, 2.24) is 15.3 Å². The number of aromatic nitrogens is 2. The van der Waals surface area contributed by atoms with E-state index in [0.717, 1.165) is 44.6 Å². The van der Waals surface area contributed by atoms with E-state index in [1.165, 1.54) is 18.5 Å². The first-order chi connectivity index (χ1) is 11.6. The summed E-state index contributed by atoms with van der Waals surface area (Å²) in [5.41, 5.74) is 1.21. The second-order valence-electron chi connectivity index (χ2n) is 7.46. The summed E-state index contributed by atoms with van der Waals surface area (Å²) >= 11 is 0. The molecule has 0 radical (unpaired) electrons. The second-order valence-corrected chi connectivity index (χ2v) is 7.46. The van der Waals surface area contributed by atoms with Gasteiger partial charge in [0.25, 0.3) is 0 Å². The largest absolute Gasteiger partial charge is 0.370 e. The number of rotatable bonds is 4. The van der Waals surface area contributed by atoms with E-state index in [2.05, 4.69) is 26.3 Å². The minimum absolute atomic E-state index is 0.00594. The maximum absolute atomic E-state index is 11.1. The lowest BCUT2D eigenvalue weighted by Gasteiger charge is -2.39. The topological polar surface area (TPSA) is 67.4 Å². The standard InChI is InChI=1S/C18H26N4O2/c1-13(23)19-11-15-4-5-18(24-15)6-8-22(9-7-18)17-10-16(14-2-3-14)20-12-21-17/h10,12,14-15H,2-9,11H2,1H3,(H,19,23). The van der Waals surface area contributed by atoms with Gasteiger partial charge in [0.1, 0.15) is 12.1 Å². The van der Waals surface area contributed by atoms with Crippen LogP contribution in [0.3, 0.4) is 0 Å². The molecule has 1 aliphatic carbocycles. The molecule has 130 valence electrons. The Hall–Kier alpha value is -1.69. The van der Waals surface area contributed by atoms with Crippen LogP contribution in [0.15, 0.2) is 12.4 Å². The van der Waals surface area contributed by atoms with E-state index in [1.54, 1.807) is 13.3 Å². The van der Waals surface area contributed by atoms with E-state index >= 15 is 0 Å². The molecule has 6 nitrogen and oxygen atoms in total. The predicted molar refractivity (Wildman–Crippen MR) is 91.0 cm³/mol. The molecule has 6 heteroatoms. The molecule has 3 fully saturated rings. The Kier molecular flexibility index (Phi) is 4.16. The van der Waals surface area contributed by atoms with Gasteiger partial charge in [-0.25, -0.2) is 9.97 Å². The number of nitrogens with one attached hydrogen (secondary N) is 1. The average Bonchev–Trinajstić information content (AvgIpc) is 3.37. The Labute approximate surface area is 143 Å². The lowest BCUT2D eigenvalue weighted by atomic mass is 9.88. The van der Waals surface area contributed by atoms with Gasteiger partial charge in [-0.3, -0.25) is 4.79 Å². The van der Waals surface area contributed by atoms with Crippen LogP contribution in [0, 0.1) is 0 Å². The van der Waals surface area contributed by atoms with E-state index in [9.17, 15) is 4.79 Å². The first kappa shape index (κ1) is 15.8. The molecule has 1 aromatic rings. The van der Waals surface area contributed by atoms with Gasteiger partial charge in [-0.2, -0.15) is 0 Å². The van der Waals surface area contributed by atoms with Gasteiger partial charge in [-0.1, -0.05) is 0 Å². The van der Waals surface area contributed by atoms with Crippen molar-refractivity contribution in [2.75, 3.05) is 24.5 Å². The van der Waals surface area contributed by atoms with Crippen molar-refractivity contribution in [1.29, 1.82) is 0 Å². The maximum Gasteiger partial charge on any atom is 0.216 e. The zero-order chi connectivity index (χ0) is 16.6. The summed E-state index contributed by atoms with van der Waals surface area (Å²) in [6.07, 6.45) is 8.62. The molecule has 2 saturated heterocycles. The highest BCUT2D eigenvalue weighted by molar-refractivity contribution is 5.72. The van der Waals surface area contributed by atoms with Crippen LogP contribution in [-0.2, 0) is 9.53 Å². The molecule has 3 aliphatic rings. The molecule has 3 heterocycles. The zero-order valence-electron chi connectivity index (χ0n) is 14.3. The Bertz CT molecular complexity index is 609. The van der Waals surface area contributed by atoms with Crippen molar-refractivity contribution in [3.63, 3.8) is 0 Å². The highest BCUT2D eigenvalue weighted by Gasteiger charge is 2.42. The summed E-state index contributed by atoms with van der Waals surface area (Å²) in [7, 11) is 0. The van der Waals surface area contributed by atoms with Crippen LogP contribution < -0.4 is 10.2 Å². The second kappa shape index (κ2) is 6.31. The Morgan fingerprint density at radius 2 is 2.08 bits per heavy atom. The molecule has 1 unspecified atom stereocenters. The number of ether oxygens (including phenoxy) is 1. The van der Waals surface area contributed by atoms with Crippen molar-refractivity contribution in [2.24, 2.45) is 0 Å². The first-order valence-electron chi connectivity index (χ1n) is 9.13. The van der Waals surface area contributed by atoms with Crippen molar-refractivity contribution in [2.45, 2.75) is 63.1 Å². The molecule has 24 heavy (non-hydrogen) atoms. The Morgan fingerprint density at radius 3 is 2.79 bits per heavy atom. The summed E-state index contributed by atoms with van der Waals surface area (Å²) in [4.78, 5) is 22.3. The number of carbonyl (C=O) groups is 1. The van der Waals surface area contributed by atoms with Gasteiger partial charge in [0.15, 0.2) is 0 Å².